The Morgan fingerprint density at radius 1 is 0.900 bits per heavy atom. The number of rotatable bonds is 8. The molecule has 3 rings (SSSR count). The van der Waals surface area contributed by atoms with Crippen molar-refractivity contribution in [3.8, 4) is 0 Å². The average molecular weight is 409 g/mol. The van der Waals surface area contributed by atoms with Gasteiger partial charge in [-0.1, -0.05) is 24.3 Å². The minimum Gasteiger partial charge on any atom is -0.467 e. The van der Waals surface area contributed by atoms with Crippen LogP contribution in [0.3, 0.4) is 0 Å². The van der Waals surface area contributed by atoms with E-state index >= 15 is 0 Å². The molecule has 8 heteroatoms. The van der Waals surface area contributed by atoms with Crippen LogP contribution in [0, 0.1) is 5.82 Å². The van der Waals surface area contributed by atoms with E-state index in [1.54, 1.807) is 42.5 Å². The third kappa shape index (κ3) is 6.03. The van der Waals surface area contributed by atoms with Crippen LogP contribution in [0.25, 0.3) is 0 Å². The fraction of sp³-hybridized carbons (Fsp3) is 0.136. The summed E-state index contributed by atoms with van der Waals surface area (Å²) in [6.45, 7) is -0.0687. The van der Waals surface area contributed by atoms with Crippen LogP contribution in [-0.2, 0) is 22.6 Å². The molecule has 0 aliphatic rings. The summed E-state index contributed by atoms with van der Waals surface area (Å²) in [7, 11) is 0. The monoisotopic (exact) mass is 409 g/mol. The number of anilines is 1. The molecular formula is C22H20FN3O4. The fourth-order valence-corrected chi connectivity index (χ4v) is 2.73. The molecule has 0 saturated heterocycles. The first-order valence-corrected chi connectivity index (χ1v) is 9.22. The molecule has 0 atom stereocenters. The average Bonchev–Trinajstić information content (AvgIpc) is 3.25. The van der Waals surface area contributed by atoms with Crippen molar-refractivity contribution in [3.63, 3.8) is 0 Å². The van der Waals surface area contributed by atoms with Gasteiger partial charge in [0.15, 0.2) is 0 Å². The topological polar surface area (TPSA) is 100 Å². The number of amides is 3. The predicted molar refractivity (Wildman–Crippen MR) is 108 cm³/mol. The number of carbonyl (C=O) groups is 3. The van der Waals surface area contributed by atoms with E-state index in [2.05, 4.69) is 16.0 Å². The second kappa shape index (κ2) is 10.0. The van der Waals surface area contributed by atoms with Crippen LogP contribution in [-0.4, -0.2) is 24.3 Å². The van der Waals surface area contributed by atoms with Gasteiger partial charge in [-0.2, -0.15) is 0 Å². The zero-order valence-corrected chi connectivity index (χ0v) is 16.0. The highest BCUT2D eigenvalue weighted by molar-refractivity contribution is 6.04. The van der Waals surface area contributed by atoms with Gasteiger partial charge >= 0.3 is 0 Å². The van der Waals surface area contributed by atoms with Crippen LogP contribution in [0.2, 0.25) is 0 Å². The lowest BCUT2D eigenvalue weighted by Gasteiger charge is -2.11. The van der Waals surface area contributed by atoms with Gasteiger partial charge < -0.3 is 20.4 Å². The van der Waals surface area contributed by atoms with E-state index in [4.69, 9.17) is 4.42 Å². The van der Waals surface area contributed by atoms with Gasteiger partial charge in [-0.25, -0.2) is 4.39 Å². The van der Waals surface area contributed by atoms with Crippen molar-refractivity contribution in [2.45, 2.75) is 13.0 Å². The first-order valence-electron chi connectivity index (χ1n) is 9.22. The van der Waals surface area contributed by atoms with E-state index in [0.717, 1.165) is 0 Å². The SMILES string of the molecule is O=C(Cc1cccc(F)c1)NCC(=O)Nc1ccccc1C(=O)NCc1ccco1. The van der Waals surface area contributed by atoms with Gasteiger partial charge in [0, 0.05) is 0 Å². The van der Waals surface area contributed by atoms with Crippen LogP contribution < -0.4 is 16.0 Å². The molecule has 0 saturated carbocycles. The van der Waals surface area contributed by atoms with Gasteiger partial charge in [0.2, 0.25) is 11.8 Å². The maximum atomic E-state index is 13.2. The van der Waals surface area contributed by atoms with Gasteiger partial charge in [-0.05, 0) is 42.0 Å². The van der Waals surface area contributed by atoms with E-state index in [-0.39, 0.29) is 31.0 Å². The standard InChI is InChI=1S/C22H20FN3O4/c23-16-6-3-5-15(11-16)12-20(27)24-14-21(28)26-19-9-2-1-8-18(19)22(29)25-13-17-7-4-10-30-17/h1-11H,12-14H2,(H,24,27)(H,25,29)(H,26,28). The molecule has 0 unspecified atom stereocenters. The maximum absolute atomic E-state index is 13.2. The van der Waals surface area contributed by atoms with Crippen LogP contribution in [0.5, 0.6) is 0 Å². The van der Waals surface area contributed by atoms with Crippen molar-refractivity contribution in [2.24, 2.45) is 0 Å². The minimum atomic E-state index is -0.492. The molecule has 154 valence electrons. The third-order valence-corrected chi connectivity index (χ3v) is 4.15. The summed E-state index contributed by atoms with van der Waals surface area (Å²) in [6.07, 6.45) is 1.47. The molecule has 7 nitrogen and oxygen atoms in total. The van der Waals surface area contributed by atoms with E-state index in [1.165, 1.54) is 24.5 Å². The highest BCUT2D eigenvalue weighted by Crippen LogP contribution is 2.15. The highest BCUT2D eigenvalue weighted by atomic mass is 19.1. The molecule has 3 N–H and O–H groups in total. The summed E-state index contributed by atoms with van der Waals surface area (Å²) < 4.78 is 18.4. The smallest absolute Gasteiger partial charge is 0.253 e. The quantitative estimate of drug-likeness (QED) is 0.532. The number of furan rings is 1. The van der Waals surface area contributed by atoms with Crippen molar-refractivity contribution >= 4 is 23.4 Å². The van der Waals surface area contributed by atoms with Crippen LogP contribution in [0.15, 0.2) is 71.3 Å². The minimum absolute atomic E-state index is 0.0448. The third-order valence-electron chi connectivity index (χ3n) is 4.15. The second-order valence-corrected chi connectivity index (χ2v) is 6.44. The number of para-hydroxylation sites is 1. The Labute approximate surface area is 172 Å². The van der Waals surface area contributed by atoms with Crippen molar-refractivity contribution in [3.05, 3.63) is 89.6 Å². The summed E-state index contributed by atoms with van der Waals surface area (Å²) in [5.41, 5.74) is 1.11. The highest BCUT2D eigenvalue weighted by Gasteiger charge is 2.14. The summed E-state index contributed by atoms with van der Waals surface area (Å²) in [4.78, 5) is 36.6. The Kier molecular flexibility index (Phi) is 6.94. The van der Waals surface area contributed by atoms with E-state index in [1.807, 2.05) is 0 Å². The molecule has 30 heavy (non-hydrogen) atoms. The fourth-order valence-electron chi connectivity index (χ4n) is 2.73. The summed E-state index contributed by atoms with van der Waals surface area (Å²) in [6, 6.07) is 15.7. The number of halogens is 1. The Hall–Kier alpha value is -3.94. The molecular weight excluding hydrogens is 389 g/mol. The maximum Gasteiger partial charge on any atom is 0.253 e. The van der Waals surface area contributed by atoms with Crippen molar-refractivity contribution in [1.29, 1.82) is 0 Å². The Bertz CT molecular complexity index is 1030. The normalized spacial score (nSPS) is 10.3. The summed E-state index contributed by atoms with van der Waals surface area (Å²) >= 11 is 0. The van der Waals surface area contributed by atoms with Crippen LogP contribution in [0.4, 0.5) is 10.1 Å². The molecule has 0 fully saturated rings. The number of hydrogen-bond donors (Lipinski definition) is 3. The van der Waals surface area contributed by atoms with Crippen molar-refractivity contribution < 1.29 is 23.2 Å². The van der Waals surface area contributed by atoms with Gasteiger partial charge in [-0.3, -0.25) is 14.4 Å². The van der Waals surface area contributed by atoms with Gasteiger partial charge in [0.25, 0.3) is 5.91 Å². The molecule has 0 aliphatic carbocycles. The predicted octanol–water partition coefficient (Wildman–Crippen LogP) is 2.65. The lowest BCUT2D eigenvalue weighted by molar-refractivity contribution is -0.123. The first-order chi connectivity index (χ1) is 14.5. The number of nitrogens with one attached hydrogen (secondary N) is 3. The zero-order valence-electron chi connectivity index (χ0n) is 16.0. The molecule has 0 aliphatic heterocycles. The lowest BCUT2D eigenvalue weighted by Crippen LogP contribution is -2.34. The Balaban J connectivity index is 1.52. The molecule has 0 radical (unpaired) electrons. The summed E-state index contributed by atoms with van der Waals surface area (Å²) in [5.74, 6) is -1.11. The molecule has 0 bridgehead atoms. The van der Waals surface area contributed by atoms with Gasteiger partial charge in [-0.15, -0.1) is 0 Å². The van der Waals surface area contributed by atoms with Gasteiger partial charge in [0.05, 0.1) is 37.0 Å². The number of benzene rings is 2. The molecule has 3 aromatic rings. The Morgan fingerprint density at radius 2 is 1.73 bits per heavy atom. The molecule has 1 aromatic heterocycles. The van der Waals surface area contributed by atoms with Gasteiger partial charge in [0.1, 0.15) is 11.6 Å². The lowest BCUT2D eigenvalue weighted by atomic mass is 10.1. The zero-order chi connectivity index (χ0) is 21.3. The Morgan fingerprint density at radius 3 is 2.50 bits per heavy atom. The largest absolute Gasteiger partial charge is 0.467 e. The molecule has 0 spiro atoms. The second-order valence-electron chi connectivity index (χ2n) is 6.44. The van der Waals surface area contributed by atoms with Crippen molar-refractivity contribution in [2.75, 3.05) is 11.9 Å². The molecule has 2 aromatic carbocycles. The van der Waals surface area contributed by atoms with Crippen LogP contribution in [0.1, 0.15) is 21.7 Å². The van der Waals surface area contributed by atoms with E-state index in [9.17, 15) is 18.8 Å². The number of hydrogen-bond acceptors (Lipinski definition) is 4. The number of carbonyl (C=O) groups excluding carboxylic acids is 3. The molecule has 1 heterocycles. The van der Waals surface area contributed by atoms with E-state index < -0.39 is 17.6 Å². The molecule has 3 amide bonds. The van der Waals surface area contributed by atoms with Crippen LogP contribution >= 0.6 is 0 Å². The summed E-state index contributed by atoms with van der Waals surface area (Å²) in [5, 5.41) is 7.80. The first kappa shape index (κ1) is 20.8. The van der Waals surface area contributed by atoms with Crippen molar-refractivity contribution in [1.82, 2.24) is 10.6 Å². The van der Waals surface area contributed by atoms with E-state index in [0.29, 0.717) is 17.0 Å².